The van der Waals surface area contributed by atoms with Gasteiger partial charge in [-0.3, -0.25) is 4.99 Å². The number of benzene rings is 1. The van der Waals surface area contributed by atoms with Crippen LogP contribution >= 0.6 is 24.0 Å². The molecule has 1 aromatic rings. The molecule has 0 aliphatic rings. The Morgan fingerprint density at radius 2 is 1.74 bits per heavy atom. The molecule has 132 valence electrons. The Morgan fingerprint density at radius 3 is 2.26 bits per heavy atom. The van der Waals surface area contributed by atoms with Gasteiger partial charge in [-0.1, -0.05) is 31.9 Å². The molecule has 1 rings (SSSR count). The van der Waals surface area contributed by atoms with Gasteiger partial charge in [0.15, 0.2) is 5.96 Å². The molecule has 0 heterocycles. The lowest BCUT2D eigenvalue weighted by molar-refractivity contribution is 0.598. The van der Waals surface area contributed by atoms with Gasteiger partial charge in [0.2, 0.25) is 10.0 Å². The van der Waals surface area contributed by atoms with Gasteiger partial charge in [-0.2, -0.15) is 0 Å². The second-order valence-electron chi connectivity index (χ2n) is 5.07. The molecule has 0 saturated carbocycles. The molecule has 4 N–H and O–H groups in total. The standard InChI is InChI=1S/C15H26N4O2S.HI/c1-3-4-5-11-18-15(17-2)19-12-10-13-6-8-14(9-7-13)22(16,20)21;/h6-9H,3-5,10-12H2,1-2H3,(H2,16,20,21)(H2,17,18,19);1H. The Hall–Kier alpha value is -0.870. The maximum Gasteiger partial charge on any atom is 0.238 e. The number of sulfonamides is 1. The van der Waals surface area contributed by atoms with E-state index in [0.717, 1.165) is 37.5 Å². The second kappa shape index (κ2) is 11.6. The first-order valence-corrected chi connectivity index (χ1v) is 9.08. The van der Waals surface area contributed by atoms with Crippen molar-refractivity contribution in [3.05, 3.63) is 29.8 Å². The summed E-state index contributed by atoms with van der Waals surface area (Å²) in [7, 11) is -1.87. The summed E-state index contributed by atoms with van der Waals surface area (Å²) >= 11 is 0. The molecule has 6 nitrogen and oxygen atoms in total. The average molecular weight is 454 g/mol. The number of hydrogen-bond acceptors (Lipinski definition) is 3. The van der Waals surface area contributed by atoms with Crippen molar-refractivity contribution in [2.24, 2.45) is 10.1 Å². The van der Waals surface area contributed by atoms with E-state index in [1.54, 1.807) is 19.2 Å². The fraction of sp³-hybridized carbons (Fsp3) is 0.533. The fourth-order valence-corrected chi connectivity index (χ4v) is 2.49. The zero-order valence-electron chi connectivity index (χ0n) is 13.7. The quantitative estimate of drug-likeness (QED) is 0.242. The smallest absolute Gasteiger partial charge is 0.238 e. The Morgan fingerprint density at radius 1 is 1.13 bits per heavy atom. The number of halogens is 1. The summed E-state index contributed by atoms with van der Waals surface area (Å²) in [4.78, 5) is 4.30. The van der Waals surface area contributed by atoms with Crippen LogP contribution in [0, 0.1) is 0 Å². The Balaban J connectivity index is 0.00000484. The minimum atomic E-state index is -3.62. The van der Waals surface area contributed by atoms with Crippen LogP contribution in [0.25, 0.3) is 0 Å². The van der Waals surface area contributed by atoms with E-state index in [-0.39, 0.29) is 28.9 Å². The largest absolute Gasteiger partial charge is 0.356 e. The predicted octanol–water partition coefficient (Wildman–Crippen LogP) is 1.85. The van der Waals surface area contributed by atoms with Crippen molar-refractivity contribution in [3.63, 3.8) is 0 Å². The Kier molecular flexibility index (Phi) is 11.2. The van der Waals surface area contributed by atoms with Gasteiger partial charge in [0.1, 0.15) is 0 Å². The highest BCUT2D eigenvalue weighted by atomic mass is 127. The monoisotopic (exact) mass is 454 g/mol. The number of primary sulfonamides is 1. The minimum Gasteiger partial charge on any atom is -0.356 e. The molecule has 0 amide bonds. The van der Waals surface area contributed by atoms with E-state index >= 15 is 0 Å². The van der Waals surface area contributed by atoms with Crippen LogP contribution in [0.4, 0.5) is 0 Å². The van der Waals surface area contributed by atoms with Gasteiger partial charge in [0, 0.05) is 20.1 Å². The summed E-state index contributed by atoms with van der Waals surface area (Å²) in [5.74, 6) is 0.789. The summed E-state index contributed by atoms with van der Waals surface area (Å²) in [6.07, 6.45) is 4.31. The van der Waals surface area contributed by atoms with Crippen molar-refractivity contribution in [1.29, 1.82) is 0 Å². The summed E-state index contributed by atoms with van der Waals surface area (Å²) in [6, 6.07) is 6.61. The number of hydrogen-bond donors (Lipinski definition) is 3. The van der Waals surface area contributed by atoms with Crippen LogP contribution in [0.1, 0.15) is 31.7 Å². The number of rotatable bonds is 8. The van der Waals surface area contributed by atoms with Crippen LogP contribution in [0.5, 0.6) is 0 Å². The van der Waals surface area contributed by atoms with Crippen molar-refractivity contribution in [2.45, 2.75) is 37.5 Å². The van der Waals surface area contributed by atoms with Crippen LogP contribution < -0.4 is 15.8 Å². The van der Waals surface area contributed by atoms with Crippen molar-refractivity contribution in [3.8, 4) is 0 Å². The lowest BCUT2D eigenvalue weighted by atomic mass is 10.1. The highest BCUT2D eigenvalue weighted by Crippen LogP contribution is 2.08. The van der Waals surface area contributed by atoms with E-state index in [1.165, 1.54) is 25.0 Å². The van der Waals surface area contributed by atoms with E-state index in [0.29, 0.717) is 0 Å². The van der Waals surface area contributed by atoms with Gasteiger partial charge >= 0.3 is 0 Å². The normalized spacial score (nSPS) is 11.7. The molecule has 0 bridgehead atoms. The van der Waals surface area contributed by atoms with Gasteiger partial charge in [0.05, 0.1) is 4.90 Å². The predicted molar refractivity (Wildman–Crippen MR) is 106 cm³/mol. The molecule has 1 aromatic carbocycles. The molecule has 0 unspecified atom stereocenters. The molecule has 0 radical (unpaired) electrons. The molecular formula is C15H27IN4O2S. The van der Waals surface area contributed by atoms with Crippen molar-refractivity contribution >= 4 is 40.0 Å². The number of nitrogens with two attached hydrogens (primary N) is 1. The van der Waals surface area contributed by atoms with E-state index in [1.807, 2.05) is 0 Å². The first-order valence-electron chi connectivity index (χ1n) is 7.53. The molecule has 0 aliphatic heterocycles. The minimum absolute atomic E-state index is 0. The number of nitrogens with zero attached hydrogens (tertiary/aromatic N) is 1. The van der Waals surface area contributed by atoms with Crippen LogP contribution in [-0.2, 0) is 16.4 Å². The summed E-state index contributed by atoms with van der Waals surface area (Å²) in [6.45, 7) is 3.81. The first-order chi connectivity index (χ1) is 10.5. The Labute approximate surface area is 156 Å². The first kappa shape index (κ1) is 22.1. The number of nitrogens with one attached hydrogen (secondary N) is 2. The molecular weight excluding hydrogens is 427 g/mol. The lowest BCUT2D eigenvalue weighted by Crippen LogP contribution is -2.38. The lowest BCUT2D eigenvalue weighted by Gasteiger charge is -2.11. The maximum atomic E-state index is 11.2. The SMILES string of the molecule is CCCCCNC(=NC)NCCc1ccc(S(N)(=O)=O)cc1.I. The van der Waals surface area contributed by atoms with E-state index in [2.05, 4.69) is 22.5 Å². The fourth-order valence-electron chi connectivity index (χ4n) is 1.97. The molecule has 0 saturated heterocycles. The third-order valence-electron chi connectivity index (χ3n) is 3.25. The molecule has 0 atom stereocenters. The van der Waals surface area contributed by atoms with Crippen molar-refractivity contribution in [2.75, 3.05) is 20.1 Å². The topological polar surface area (TPSA) is 96.6 Å². The third kappa shape index (κ3) is 9.11. The van der Waals surface area contributed by atoms with Crippen LogP contribution in [0.15, 0.2) is 34.2 Å². The van der Waals surface area contributed by atoms with Crippen molar-refractivity contribution in [1.82, 2.24) is 10.6 Å². The molecule has 0 fully saturated rings. The van der Waals surface area contributed by atoms with E-state index < -0.39 is 10.0 Å². The van der Waals surface area contributed by atoms with E-state index in [9.17, 15) is 8.42 Å². The van der Waals surface area contributed by atoms with Crippen molar-refractivity contribution < 1.29 is 8.42 Å². The highest BCUT2D eigenvalue weighted by Gasteiger charge is 2.06. The zero-order valence-corrected chi connectivity index (χ0v) is 16.9. The van der Waals surface area contributed by atoms with Gasteiger partial charge < -0.3 is 10.6 Å². The van der Waals surface area contributed by atoms with Gasteiger partial charge in [-0.25, -0.2) is 13.6 Å². The molecule has 0 spiro atoms. The van der Waals surface area contributed by atoms with Gasteiger partial charge in [0.25, 0.3) is 0 Å². The zero-order chi connectivity index (χ0) is 16.4. The second-order valence-corrected chi connectivity index (χ2v) is 6.63. The molecule has 8 heteroatoms. The van der Waals surface area contributed by atoms with Crippen LogP contribution in [0.3, 0.4) is 0 Å². The number of guanidine groups is 1. The van der Waals surface area contributed by atoms with Crippen LogP contribution in [-0.4, -0.2) is 34.5 Å². The Bertz CT molecular complexity index is 574. The number of unbranched alkanes of at least 4 members (excludes halogenated alkanes) is 2. The third-order valence-corrected chi connectivity index (χ3v) is 4.18. The van der Waals surface area contributed by atoms with Gasteiger partial charge in [-0.15, -0.1) is 24.0 Å². The molecule has 0 aliphatic carbocycles. The van der Waals surface area contributed by atoms with E-state index in [4.69, 9.17) is 5.14 Å². The number of aliphatic imine (C=N–C) groups is 1. The molecule has 0 aromatic heterocycles. The highest BCUT2D eigenvalue weighted by molar-refractivity contribution is 14.0. The van der Waals surface area contributed by atoms with Crippen LogP contribution in [0.2, 0.25) is 0 Å². The summed E-state index contributed by atoms with van der Waals surface area (Å²) in [5.41, 5.74) is 1.04. The molecule has 23 heavy (non-hydrogen) atoms. The summed E-state index contributed by atoms with van der Waals surface area (Å²) < 4.78 is 22.3. The summed E-state index contributed by atoms with van der Waals surface area (Å²) in [5, 5.41) is 11.6. The average Bonchev–Trinajstić information content (AvgIpc) is 2.49. The van der Waals surface area contributed by atoms with Gasteiger partial charge in [-0.05, 0) is 30.5 Å². The maximum absolute atomic E-state index is 11.2.